The van der Waals surface area contributed by atoms with Gasteiger partial charge in [-0.15, -0.1) is 5.10 Å². The van der Waals surface area contributed by atoms with Crippen LogP contribution in [0.15, 0.2) is 67.1 Å². The van der Waals surface area contributed by atoms with Gasteiger partial charge in [0.2, 0.25) is 5.95 Å². The minimum Gasteiger partial charge on any atom is -0.321 e. The summed E-state index contributed by atoms with van der Waals surface area (Å²) in [4.78, 5) is 8.50. The Balaban J connectivity index is 1.71. The van der Waals surface area contributed by atoms with Crippen molar-refractivity contribution in [2.24, 2.45) is 0 Å². The Labute approximate surface area is 137 Å². The molecule has 0 aliphatic carbocycles. The molecule has 3 aromatic heterocycles. The van der Waals surface area contributed by atoms with E-state index < -0.39 is 0 Å². The van der Waals surface area contributed by atoms with Gasteiger partial charge in [-0.2, -0.15) is 4.98 Å². The third-order valence-corrected chi connectivity index (χ3v) is 3.76. The van der Waals surface area contributed by atoms with Gasteiger partial charge >= 0.3 is 0 Å². The minimum atomic E-state index is 0.523. The number of halogens is 1. The van der Waals surface area contributed by atoms with Crippen molar-refractivity contribution in [2.75, 3.05) is 5.32 Å². The van der Waals surface area contributed by atoms with E-state index in [1.165, 1.54) is 0 Å². The molecule has 0 saturated carbocycles. The molecule has 0 fully saturated rings. The summed E-state index contributed by atoms with van der Waals surface area (Å²) in [5, 5.41) is 8.29. The number of rotatable bonds is 3. The van der Waals surface area contributed by atoms with Crippen molar-refractivity contribution >= 4 is 28.9 Å². The number of fused-ring (bicyclic) bond motifs is 1. The van der Waals surface area contributed by atoms with Crippen LogP contribution in [-0.2, 0) is 0 Å². The number of benzene rings is 1. The second-order valence-corrected chi connectivity index (χ2v) is 5.41. The molecule has 0 aliphatic rings. The topological polar surface area (TPSA) is 55.1 Å². The maximum Gasteiger partial charge on any atom is 0.247 e. The fourth-order valence-electron chi connectivity index (χ4n) is 2.36. The maximum atomic E-state index is 6.26. The lowest BCUT2D eigenvalue weighted by Crippen LogP contribution is -1.93. The average molecular weight is 322 g/mol. The molecule has 0 amide bonds. The van der Waals surface area contributed by atoms with E-state index >= 15 is 0 Å². The molecule has 4 aromatic rings. The number of pyridine rings is 2. The molecule has 1 N–H and O–H groups in total. The van der Waals surface area contributed by atoms with E-state index in [0.29, 0.717) is 11.0 Å². The van der Waals surface area contributed by atoms with Gasteiger partial charge in [0.05, 0.1) is 11.9 Å². The van der Waals surface area contributed by atoms with Crippen LogP contribution in [0.1, 0.15) is 0 Å². The number of anilines is 2. The Bertz CT molecular complexity index is 965. The fraction of sp³-hybridized carbons (Fsp3) is 0. The predicted molar refractivity (Wildman–Crippen MR) is 91.0 cm³/mol. The van der Waals surface area contributed by atoms with E-state index in [-0.39, 0.29) is 0 Å². The highest BCUT2D eigenvalue weighted by molar-refractivity contribution is 6.33. The normalized spacial score (nSPS) is 10.8. The Morgan fingerprint density at radius 1 is 1.00 bits per heavy atom. The zero-order chi connectivity index (χ0) is 15.6. The van der Waals surface area contributed by atoms with Crippen LogP contribution in [0.2, 0.25) is 5.02 Å². The third kappa shape index (κ3) is 2.74. The van der Waals surface area contributed by atoms with Crippen LogP contribution >= 0.6 is 11.6 Å². The zero-order valence-electron chi connectivity index (χ0n) is 12.0. The molecule has 0 saturated heterocycles. The first-order valence-electron chi connectivity index (χ1n) is 7.08. The van der Waals surface area contributed by atoms with E-state index in [2.05, 4.69) is 20.4 Å². The number of nitrogens with zero attached hydrogens (tertiary/aromatic N) is 4. The van der Waals surface area contributed by atoms with Crippen LogP contribution < -0.4 is 5.32 Å². The van der Waals surface area contributed by atoms with Crippen molar-refractivity contribution in [3.05, 3.63) is 72.1 Å². The Morgan fingerprint density at radius 3 is 2.74 bits per heavy atom. The highest BCUT2D eigenvalue weighted by atomic mass is 35.5. The molecule has 0 unspecified atom stereocenters. The standard InChI is InChI=1S/C17H12ClN5/c18-15-6-2-1-5-14(15)12-7-8-16-21-17(22-23(16)11-12)20-13-4-3-9-19-10-13/h1-11H,(H,20,22). The largest absolute Gasteiger partial charge is 0.321 e. The third-order valence-electron chi connectivity index (χ3n) is 3.43. The first-order chi connectivity index (χ1) is 11.3. The van der Waals surface area contributed by atoms with Gasteiger partial charge in [0.25, 0.3) is 0 Å². The van der Waals surface area contributed by atoms with E-state index in [9.17, 15) is 0 Å². The number of hydrogen-bond acceptors (Lipinski definition) is 4. The molecular weight excluding hydrogens is 310 g/mol. The summed E-state index contributed by atoms with van der Waals surface area (Å²) in [6.07, 6.45) is 5.36. The SMILES string of the molecule is Clc1ccccc1-c1ccc2nc(Nc3cccnc3)nn2c1. The van der Waals surface area contributed by atoms with Crippen LogP contribution in [0.25, 0.3) is 16.8 Å². The molecule has 1 aromatic carbocycles. The van der Waals surface area contributed by atoms with Crippen LogP contribution in [-0.4, -0.2) is 19.6 Å². The lowest BCUT2D eigenvalue weighted by atomic mass is 10.1. The predicted octanol–water partition coefficient (Wildman–Crippen LogP) is 4.19. The Kier molecular flexibility index (Phi) is 3.40. The van der Waals surface area contributed by atoms with Crippen molar-refractivity contribution in [3.8, 4) is 11.1 Å². The molecule has 4 rings (SSSR count). The Morgan fingerprint density at radius 2 is 1.91 bits per heavy atom. The van der Waals surface area contributed by atoms with Crippen LogP contribution in [0.5, 0.6) is 0 Å². The lowest BCUT2D eigenvalue weighted by molar-refractivity contribution is 0.966. The van der Waals surface area contributed by atoms with E-state index in [1.807, 2.05) is 54.7 Å². The number of aromatic nitrogens is 4. The molecule has 3 heterocycles. The van der Waals surface area contributed by atoms with Gasteiger partial charge in [-0.25, -0.2) is 4.52 Å². The monoisotopic (exact) mass is 321 g/mol. The van der Waals surface area contributed by atoms with E-state index in [1.54, 1.807) is 16.9 Å². The second-order valence-electron chi connectivity index (χ2n) is 5.00. The van der Waals surface area contributed by atoms with Crippen molar-refractivity contribution in [1.82, 2.24) is 19.6 Å². The summed E-state index contributed by atoms with van der Waals surface area (Å²) in [6, 6.07) is 15.4. The summed E-state index contributed by atoms with van der Waals surface area (Å²) < 4.78 is 1.73. The molecule has 5 nitrogen and oxygen atoms in total. The lowest BCUT2D eigenvalue weighted by Gasteiger charge is -2.03. The molecule has 0 atom stereocenters. The number of nitrogens with one attached hydrogen (secondary N) is 1. The first kappa shape index (κ1) is 13.7. The summed E-state index contributed by atoms with van der Waals surface area (Å²) in [6.45, 7) is 0. The van der Waals surface area contributed by atoms with Crippen molar-refractivity contribution in [1.29, 1.82) is 0 Å². The molecule has 23 heavy (non-hydrogen) atoms. The molecular formula is C17H12ClN5. The molecule has 0 bridgehead atoms. The molecule has 112 valence electrons. The highest BCUT2D eigenvalue weighted by Gasteiger charge is 2.07. The van der Waals surface area contributed by atoms with Gasteiger partial charge < -0.3 is 5.32 Å². The van der Waals surface area contributed by atoms with E-state index in [0.717, 1.165) is 22.5 Å². The van der Waals surface area contributed by atoms with Crippen molar-refractivity contribution in [2.45, 2.75) is 0 Å². The van der Waals surface area contributed by atoms with Gasteiger partial charge in [-0.05, 0) is 30.3 Å². The summed E-state index contributed by atoms with van der Waals surface area (Å²) >= 11 is 6.26. The van der Waals surface area contributed by atoms with Crippen molar-refractivity contribution in [3.63, 3.8) is 0 Å². The van der Waals surface area contributed by atoms with Crippen molar-refractivity contribution < 1.29 is 0 Å². The maximum absolute atomic E-state index is 6.26. The summed E-state index contributed by atoms with van der Waals surface area (Å²) in [7, 11) is 0. The minimum absolute atomic E-state index is 0.523. The van der Waals surface area contributed by atoms with Crippen LogP contribution in [0.4, 0.5) is 11.6 Å². The van der Waals surface area contributed by atoms with Gasteiger partial charge in [-0.1, -0.05) is 29.8 Å². The fourth-order valence-corrected chi connectivity index (χ4v) is 2.60. The Hall–Kier alpha value is -2.92. The smallest absolute Gasteiger partial charge is 0.247 e. The molecule has 6 heteroatoms. The van der Waals surface area contributed by atoms with E-state index in [4.69, 9.17) is 11.6 Å². The van der Waals surface area contributed by atoms with Crippen LogP contribution in [0, 0.1) is 0 Å². The van der Waals surface area contributed by atoms with Gasteiger partial charge in [-0.3, -0.25) is 4.98 Å². The van der Waals surface area contributed by atoms with Gasteiger partial charge in [0.1, 0.15) is 0 Å². The van der Waals surface area contributed by atoms with Gasteiger partial charge in [0, 0.05) is 28.5 Å². The number of hydrogen-bond donors (Lipinski definition) is 1. The zero-order valence-corrected chi connectivity index (χ0v) is 12.8. The van der Waals surface area contributed by atoms with Crippen LogP contribution in [0.3, 0.4) is 0 Å². The molecule has 0 radical (unpaired) electrons. The molecule has 0 aliphatic heterocycles. The summed E-state index contributed by atoms with van der Waals surface area (Å²) in [5.41, 5.74) is 3.55. The summed E-state index contributed by atoms with van der Waals surface area (Å²) in [5.74, 6) is 0.523. The average Bonchev–Trinajstić information content (AvgIpc) is 2.97. The highest BCUT2D eigenvalue weighted by Crippen LogP contribution is 2.27. The second kappa shape index (κ2) is 5.70. The molecule has 0 spiro atoms. The first-order valence-corrected chi connectivity index (χ1v) is 7.46. The quantitative estimate of drug-likeness (QED) is 0.614. The van der Waals surface area contributed by atoms with Gasteiger partial charge in [0.15, 0.2) is 5.65 Å².